The van der Waals surface area contributed by atoms with Gasteiger partial charge in [-0.2, -0.15) is 5.10 Å². The molecule has 0 saturated carbocycles. The number of hydrogen-bond acceptors (Lipinski definition) is 4. The number of aromatic nitrogens is 2. The number of aryl methyl sites for hydroxylation is 1. The van der Waals surface area contributed by atoms with Crippen molar-refractivity contribution in [2.45, 2.75) is 13.8 Å². The lowest BCUT2D eigenvalue weighted by molar-refractivity contribution is 1.09. The Hall–Kier alpha value is -1.95. The van der Waals surface area contributed by atoms with Crippen LogP contribution in [0.1, 0.15) is 18.2 Å². The Bertz CT molecular complexity index is 972. The first-order chi connectivity index (χ1) is 12.4. The molecule has 0 spiro atoms. The van der Waals surface area contributed by atoms with E-state index in [-0.39, 0.29) is 0 Å². The molecule has 1 heterocycles. The zero-order valence-corrected chi connectivity index (χ0v) is 17.2. The molecular formula is C19H15BrCl2N4. The maximum Gasteiger partial charge on any atom is 0.161 e. The third-order valence-electron chi connectivity index (χ3n) is 3.63. The number of nitrogens with zero attached hydrogens (tertiary/aromatic N) is 3. The largest absolute Gasteiger partial charge is 0.261 e. The molecule has 0 radical (unpaired) electrons. The summed E-state index contributed by atoms with van der Waals surface area (Å²) in [6.45, 7) is 3.81. The summed E-state index contributed by atoms with van der Waals surface area (Å²) >= 11 is 15.4. The monoisotopic (exact) mass is 448 g/mol. The lowest BCUT2D eigenvalue weighted by Crippen LogP contribution is -2.03. The Balaban J connectivity index is 1.85. The molecule has 1 N–H and O–H groups in total. The van der Waals surface area contributed by atoms with Gasteiger partial charge in [0.05, 0.1) is 15.8 Å². The molecule has 26 heavy (non-hydrogen) atoms. The van der Waals surface area contributed by atoms with Crippen molar-refractivity contribution in [1.82, 2.24) is 9.97 Å². The predicted molar refractivity (Wildman–Crippen MR) is 112 cm³/mol. The molecule has 2 aromatic carbocycles. The summed E-state index contributed by atoms with van der Waals surface area (Å²) in [6.07, 6.45) is 0. The Morgan fingerprint density at radius 2 is 1.73 bits per heavy atom. The minimum absolute atomic E-state index is 0.495. The summed E-state index contributed by atoms with van der Waals surface area (Å²) in [5, 5.41) is 5.40. The normalized spacial score (nSPS) is 11.5. The first-order valence-corrected chi connectivity index (χ1v) is 9.34. The van der Waals surface area contributed by atoms with Gasteiger partial charge in [0.25, 0.3) is 0 Å². The van der Waals surface area contributed by atoms with Gasteiger partial charge in [0.2, 0.25) is 0 Å². The van der Waals surface area contributed by atoms with Crippen molar-refractivity contribution in [3.8, 4) is 11.4 Å². The molecule has 3 aromatic rings. The van der Waals surface area contributed by atoms with Crippen molar-refractivity contribution in [1.29, 1.82) is 0 Å². The average molecular weight is 450 g/mol. The fourth-order valence-electron chi connectivity index (χ4n) is 2.28. The van der Waals surface area contributed by atoms with Crippen molar-refractivity contribution in [3.63, 3.8) is 0 Å². The molecule has 0 aliphatic carbocycles. The van der Waals surface area contributed by atoms with Crippen LogP contribution in [0.3, 0.4) is 0 Å². The van der Waals surface area contributed by atoms with Gasteiger partial charge in [-0.1, -0.05) is 57.3 Å². The Kier molecular flexibility index (Phi) is 5.91. The smallest absolute Gasteiger partial charge is 0.161 e. The van der Waals surface area contributed by atoms with E-state index in [9.17, 15) is 0 Å². The van der Waals surface area contributed by atoms with Crippen LogP contribution in [0.5, 0.6) is 0 Å². The molecule has 1 aromatic heterocycles. The summed E-state index contributed by atoms with van der Waals surface area (Å²) in [5.41, 5.74) is 6.42. The minimum Gasteiger partial charge on any atom is -0.261 e. The van der Waals surface area contributed by atoms with Crippen LogP contribution < -0.4 is 5.43 Å². The summed E-state index contributed by atoms with van der Waals surface area (Å²) in [5.74, 6) is 1.26. The molecule has 0 amide bonds. The molecule has 0 fully saturated rings. The molecule has 0 bridgehead atoms. The van der Waals surface area contributed by atoms with E-state index in [0.717, 1.165) is 27.0 Å². The topological polar surface area (TPSA) is 50.2 Å². The van der Waals surface area contributed by atoms with E-state index < -0.39 is 0 Å². The molecule has 3 rings (SSSR count). The maximum absolute atomic E-state index is 6.06. The van der Waals surface area contributed by atoms with E-state index >= 15 is 0 Å². The molecule has 4 nitrogen and oxygen atoms in total. The highest BCUT2D eigenvalue weighted by atomic mass is 79.9. The predicted octanol–water partition coefficient (Wildman–Crippen LogP) is 6.36. The van der Waals surface area contributed by atoms with Gasteiger partial charge in [-0.15, -0.1) is 0 Å². The van der Waals surface area contributed by atoms with Crippen LogP contribution >= 0.6 is 39.1 Å². The second-order valence-electron chi connectivity index (χ2n) is 5.66. The van der Waals surface area contributed by atoms with Gasteiger partial charge < -0.3 is 0 Å². The van der Waals surface area contributed by atoms with Crippen molar-refractivity contribution in [2.75, 3.05) is 5.43 Å². The first-order valence-electron chi connectivity index (χ1n) is 7.80. The van der Waals surface area contributed by atoms with E-state index in [1.165, 1.54) is 0 Å². The highest BCUT2D eigenvalue weighted by molar-refractivity contribution is 9.10. The highest BCUT2D eigenvalue weighted by Gasteiger charge is 2.06. The number of nitrogens with one attached hydrogen (secondary N) is 1. The number of benzene rings is 2. The maximum atomic E-state index is 6.06. The zero-order chi connectivity index (χ0) is 18.7. The van der Waals surface area contributed by atoms with Crippen LogP contribution in [-0.2, 0) is 0 Å². The summed E-state index contributed by atoms with van der Waals surface area (Å²) in [6, 6.07) is 15.1. The average Bonchev–Trinajstić information content (AvgIpc) is 2.62. The van der Waals surface area contributed by atoms with Gasteiger partial charge in [-0.3, -0.25) is 5.43 Å². The Labute approximate surface area is 170 Å². The molecule has 0 saturated heterocycles. The highest BCUT2D eigenvalue weighted by Crippen LogP contribution is 2.23. The van der Waals surface area contributed by atoms with E-state index in [1.54, 1.807) is 12.1 Å². The van der Waals surface area contributed by atoms with Crippen molar-refractivity contribution < 1.29 is 0 Å². The van der Waals surface area contributed by atoms with E-state index in [0.29, 0.717) is 21.7 Å². The lowest BCUT2D eigenvalue weighted by Gasteiger charge is -2.07. The molecule has 132 valence electrons. The second kappa shape index (κ2) is 8.16. The van der Waals surface area contributed by atoms with Gasteiger partial charge in [0.15, 0.2) is 11.6 Å². The van der Waals surface area contributed by atoms with Crippen LogP contribution in [0.25, 0.3) is 11.4 Å². The summed E-state index contributed by atoms with van der Waals surface area (Å²) < 4.78 is 1.01. The summed E-state index contributed by atoms with van der Waals surface area (Å²) in [7, 11) is 0. The zero-order valence-electron chi connectivity index (χ0n) is 14.1. The number of rotatable bonds is 4. The molecule has 0 aliphatic rings. The minimum atomic E-state index is 0.495. The van der Waals surface area contributed by atoms with Gasteiger partial charge in [-0.25, -0.2) is 9.97 Å². The van der Waals surface area contributed by atoms with Crippen LogP contribution in [0.2, 0.25) is 10.0 Å². The number of hydrogen-bond donors (Lipinski definition) is 1. The fourth-order valence-corrected chi connectivity index (χ4v) is 2.84. The lowest BCUT2D eigenvalue weighted by atomic mass is 10.1. The van der Waals surface area contributed by atoms with E-state index in [4.69, 9.17) is 23.2 Å². The van der Waals surface area contributed by atoms with E-state index in [1.807, 2.05) is 50.2 Å². The van der Waals surface area contributed by atoms with Crippen molar-refractivity contribution in [2.24, 2.45) is 5.10 Å². The Morgan fingerprint density at radius 1 is 1.00 bits per heavy atom. The molecule has 0 unspecified atom stereocenters. The van der Waals surface area contributed by atoms with E-state index in [2.05, 4.69) is 36.4 Å². The van der Waals surface area contributed by atoms with Crippen LogP contribution in [0.4, 0.5) is 5.82 Å². The molecule has 7 heteroatoms. The SMILES string of the molecule is C/C(=N\Nc1cc(C)nc(-c2ccc(Br)cc2)n1)c1ccc(Cl)c(Cl)c1. The number of anilines is 1. The number of hydrazone groups is 1. The third kappa shape index (κ3) is 4.61. The van der Waals surface area contributed by atoms with Gasteiger partial charge in [0, 0.05) is 21.8 Å². The van der Waals surface area contributed by atoms with Gasteiger partial charge >= 0.3 is 0 Å². The van der Waals surface area contributed by atoms with Crippen LogP contribution in [0, 0.1) is 6.92 Å². The second-order valence-corrected chi connectivity index (χ2v) is 7.39. The first kappa shape index (κ1) is 18.8. The van der Waals surface area contributed by atoms with Gasteiger partial charge in [0.1, 0.15) is 0 Å². The van der Waals surface area contributed by atoms with Crippen LogP contribution in [-0.4, -0.2) is 15.7 Å². The van der Waals surface area contributed by atoms with Crippen LogP contribution in [0.15, 0.2) is 58.1 Å². The number of halogens is 3. The van der Waals surface area contributed by atoms with Crippen molar-refractivity contribution in [3.05, 3.63) is 74.3 Å². The summed E-state index contributed by atoms with van der Waals surface area (Å²) in [4.78, 5) is 9.03. The molecular weight excluding hydrogens is 435 g/mol. The van der Waals surface area contributed by atoms with Gasteiger partial charge in [-0.05, 0) is 43.7 Å². The third-order valence-corrected chi connectivity index (χ3v) is 4.90. The molecule has 0 atom stereocenters. The Morgan fingerprint density at radius 3 is 2.42 bits per heavy atom. The standard InChI is InChI=1S/C19H15BrCl2N4/c1-11-9-18(24-19(23-11)13-3-6-15(20)7-4-13)26-25-12(2)14-5-8-16(21)17(22)10-14/h3-10H,1-2H3,(H,23,24,26)/b25-12+. The molecule has 0 aliphatic heterocycles. The quantitative estimate of drug-likeness (QED) is 0.372. The fraction of sp³-hybridized carbons (Fsp3) is 0.105. The van der Waals surface area contributed by atoms with Crippen molar-refractivity contribution >= 4 is 50.7 Å².